The first-order chi connectivity index (χ1) is 6.91. The molecule has 0 unspecified atom stereocenters. The van der Waals surface area contributed by atoms with Crippen molar-refractivity contribution in [3.05, 3.63) is 0 Å². The van der Waals surface area contributed by atoms with E-state index in [0.717, 1.165) is 13.1 Å². The topological polar surface area (TPSA) is 55.3 Å². The van der Waals surface area contributed by atoms with E-state index in [4.69, 9.17) is 0 Å². The molecule has 16 heavy (non-hydrogen) atoms. The van der Waals surface area contributed by atoms with Crippen LogP contribution in [0.15, 0.2) is 0 Å². The zero-order valence-corrected chi connectivity index (χ0v) is 22.3. The Balaban J connectivity index is -0.0000000602. The summed E-state index contributed by atoms with van der Waals surface area (Å²) < 4.78 is 0. The van der Waals surface area contributed by atoms with Gasteiger partial charge in [0.25, 0.3) is 0 Å². The second-order valence-corrected chi connectivity index (χ2v) is 2.83. The van der Waals surface area contributed by atoms with Crippen molar-refractivity contribution >= 4 is 74.5 Å². The number of halogens is 6. The van der Waals surface area contributed by atoms with Gasteiger partial charge in [0.15, 0.2) is 0 Å². The predicted octanol–water partition coefficient (Wildman–Crippen LogP) is -2.64. The molecule has 0 heterocycles. The van der Waals surface area contributed by atoms with Crippen molar-refractivity contribution in [1.82, 2.24) is 0 Å². The molecule has 0 radical (unpaired) electrons. The van der Waals surface area contributed by atoms with Gasteiger partial charge in [-0.15, -0.1) is 0 Å². The minimum Gasteiger partial charge on any atom is -1.00 e. The molecular formula is C8H22I6N2. The van der Waals surface area contributed by atoms with Crippen molar-refractivity contribution in [2.45, 2.75) is 38.5 Å². The summed E-state index contributed by atoms with van der Waals surface area (Å²) in [6.45, 7) is 2.21. The summed E-state index contributed by atoms with van der Waals surface area (Å²) in [7, 11) is 0. The van der Waals surface area contributed by atoms with Crippen LogP contribution in [0.4, 0.5) is 0 Å². The Hall–Kier alpha value is 4.30. The summed E-state index contributed by atoms with van der Waals surface area (Å²) in [4.78, 5) is 0. The van der Waals surface area contributed by atoms with E-state index in [0.29, 0.717) is 0 Å². The molecule has 0 saturated heterocycles. The highest BCUT2D eigenvalue weighted by molar-refractivity contribution is 15.0. The third-order valence-corrected chi connectivity index (χ3v) is 1.75. The van der Waals surface area contributed by atoms with E-state index in [9.17, 15) is 0 Å². The Bertz CT molecular complexity index is 62.5. The number of unbranched alkanes of at least 4 members (excludes halogenated alkanes) is 5. The molecule has 0 aliphatic heterocycles. The molecule has 0 bridgehead atoms. The number of hydrogen-bond acceptors (Lipinski definition) is 0. The predicted molar refractivity (Wildman–Crippen MR) is 99.3 cm³/mol. The third-order valence-electron chi connectivity index (χ3n) is 1.75. The number of rotatable bonds is 7. The Morgan fingerprint density at radius 1 is 0.500 bits per heavy atom. The average molecular weight is 908 g/mol. The highest BCUT2D eigenvalue weighted by atomic mass is 128. The highest BCUT2D eigenvalue weighted by Crippen LogP contribution is 2.02. The van der Waals surface area contributed by atoms with Crippen LogP contribution in [-0.2, 0) is 0 Å². The molecule has 0 aromatic carbocycles. The van der Waals surface area contributed by atoms with Gasteiger partial charge in [-0.2, -0.15) is 0 Å². The van der Waals surface area contributed by atoms with Gasteiger partial charge in [0.2, 0.25) is 0 Å². The van der Waals surface area contributed by atoms with Gasteiger partial charge in [-0.05, 0) is 25.7 Å². The van der Waals surface area contributed by atoms with E-state index in [2.05, 4.69) is 85.9 Å². The maximum atomic E-state index is 3.81. The summed E-state index contributed by atoms with van der Waals surface area (Å²) in [6.07, 6.45) is 8.17. The zero-order valence-electron chi connectivity index (χ0n) is 9.34. The molecule has 0 aliphatic carbocycles. The second kappa shape index (κ2) is 42.7. The van der Waals surface area contributed by atoms with E-state index in [1.807, 2.05) is 0 Å². The average Bonchev–Trinajstić information content (AvgIpc) is 2.29. The standard InChI is InChI=1S/C8H20N2.2I2.2HI/c9-7-5-3-1-2-4-6-8-10;2*1-2;;/h1-10H2;;;2*1H. The minimum atomic E-state index is 0. The van der Waals surface area contributed by atoms with Gasteiger partial charge in [-0.3, -0.25) is 0 Å². The first kappa shape index (κ1) is 32.3. The van der Waals surface area contributed by atoms with Crippen molar-refractivity contribution < 1.29 is 59.4 Å². The molecule has 0 saturated carbocycles. The van der Waals surface area contributed by atoms with Crippen molar-refractivity contribution in [3.8, 4) is 0 Å². The first-order valence-electron chi connectivity index (χ1n) is 4.79. The smallest absolute Gasteiger partial charge is 0.0739 e. The molecule has 0 aromatic rings. The van der Waals surface area contributed by atoms with Gasteiger partial charge in [-0.1, -0.05) is 12.8 Å². The maximum Gasteiger partial charge on any atom is 0.0739 e. The molecule has 0 aliphatic rings. The molecule has 2 nitrogen and oxygen atoms in total. The Morgan fingerprint density at radius 3 is 0.875 bits per heavy atom. The van der Waals surface area contributed by atoms with Crippen LogP contribution >= 0.6 is 74.5 Å². The second-order valence-electron chi connectivity index (χ2n) is 2.83. The molecule has 6 N–H and O–H groups in total. The lowest BCUT2D eigenvalue weighted by Crippen LogP contribution is -3.00. The quantitative estimate of drug-likeness (QED) is 0.208. The highest BCUT2D eigenvalue weighted by Gasteiger charge is 1.89. The van der Waals surface area contributed by atoms with Crippen LogP contribution in [0.1, 0.15) is 38.5 Å². The summed E-state index contributed by atoms with van der Waals surface area (Å²) >= 11 is 8.48. The molecule has 0 rings (SSSR count). The molecule has 0 atom stereocenters. The van der Waals surface area contributed by atoms with Crippen LogP contribution in [0.3, 0.4) is 0 Å². The monoisotopic (exact) mass is 908 g/mol. The van der Waals surface area contributed by atoms with Crippen molar-refractivity contribution in [1.29, 1.82) is 0 Å². The number of quaternary nitrogens is 2. The van der Waals surface area contributed by atoms with E-state index in [1.165, 1.54) is 38.5 Å². The largest absolute Gasteiger partial charge is 1.00 e. The van der Waals surface area contributed by atoms with E-state index >= 15 is 0 Å². The van der Waals surface area contributed by atoms with Crippen molar-refractivity contribution in [2.24, 2.45) is 0 Å². The van der Waals surface area contributed by atoms with Crippen LogP contribution < -0.4 is 59.4 Å². The van der Waals surface area contributed by atoms with Crippen LogP contribution in [-0.4, -0.2) is 13.1 Å². The van der Waals surface area contributed by atoms with Crippen LogP contribution in [0.2, 0.25) is 0 Å². The lowest BCUT2D eigenvalue weighted by atomic mass is 10.1. The SMILES string of the molecule is II.II.[I-].[I-].[NH3+]CCCCCCCC[NH3+]. The van der Waals surface area contributed by atoms with Gasteiger partial charge in [0.1, 0.15) is 0 Å². The van der Waals surface area contributed by atoms with Crippen LogP contribution in [0.5, 0.6) is 0 Å². The molecule has 0 aromatic heterocycles. The van der Waals surface area contributed by atoms with Gasteiger partial charge >= 0.3 is 0 Å². The summed E-state index contributed by atoms with van der Waals surface area (Å²) in [6, 6.07) is 0. The van der Waals surface area contributed by atoms with E-state index in [1.54, 1.807) is 0 Å². The van der Waals surface area contributed by atoms with Crippen molar-refractivity contribution in [3.63, 3.8) is 0 Å². The minimum absolute atomic E-state index is 0. The molecule has 0 spiro atoms. The van der Waals surface area contributed by atoms with Crippen LogP contribution in [0.25, 0.3) is 0 Å². The van der Waals surface area contributed by atoms with Gasteiger partial charge in [-0.25, -0.2) is 0 Å². The maximum absolute atomic E-state index is 3.81. The van der Waals surface area contributed by atoms with Gasteiger partial charge in [0, 0.05) is 74.5 Å². The normalized spacial score (nSPS) is 7.12. The Labute approximate surface area is 181 Å². The number of hydrogen-bond donors (Lipinski definition) is 2. The van der Waals surface area contributed by atoms with Crippen molar-refractivity contribution in [2.75, 3.05) is 13.1 Å². The fraction of sp³-hybridized carbons (Fsp3) is 1.00. The lowest BCUT2D eigenvalue weighted by Gasteiger charge is -1.96. The van der Waals surface area contributed by atoms with Gasteiger partial charge in [0.05, 0.1) is 13.1 Å². The molecule has 8 heteroatoms. The summed E-state index contributed by atoms with van der Waals surface area (Å²) in [5.74, 6) is 0. The molecule has 106 valence electrons. The molecule has 0 fully saturated rings. The summed E-state index contributed by atoms with van der Waals surface area (Å²) in [5, 5.41) is 0. The Morgan fingerprint density at radius 2 is 0.688 bits per heavy atom. The fourth-order valence-corrected chi connectivity index (χ4v) is 1.06. The van der Waals surface area contributed by atoms with E-state index in [-0.39, 0.29) is 48.0 Å². The molecule has 0 amide bonds. The lowest BCUT2D eigenvalue weighted by molar-refractivity contribution is -0.369. The van der Waals surface area contributed by atoms with Crippen LogP contribution in [0, 0.1) is 0 Å². The molecular weight excluding hydrogens is 886 g/mol. The van der Waals surface area contributed by atoms with E-state index < -0.39 is 0 Å². The summed E-state index contributed by atoms with van der Waals surface area (Å²) in [5.41, 5.74) is 7.62. The Kier molecular flexibility index (Phi) is 86.2. The first-order valence-corrected chi connectivity index (χ1v) is 17.4. The third kappa shape index (κ3) is 42.9. The zero-order chi connectivity index (χ0) is 11.7. The van der Waals surface area contributed by atoms with Gasteiger partial charge < -0.3 is 59.4 Å². The fourth-order valence-electron chi connectivity index (χ4n) is 1.06.